The van der Waals surface area contributed by atoms with Crippen LogP contribution >= 0.6 is 12.4 Å². The first-order valence-corrected chi connectivity index (χ1v) is 9.09. The van der Waals surface area contributed by atoms with Gasteiger partial charge in [-0.2, -0.15) is 0 Å². The van der Waals surface area contributed by atoms with Crippen LogP contribution in [0.1, 0.15) is 38.5 Å². The van der Waals surface area contributed by atoms with Crippen molar-refractivity contribution in [3.63, 3.8) is 0 Å². The molecule has 1 fully saturated rings. The van der Waals surface area contributed by atoms with E-state index in [-0.39, 0.29) is 49.2 Å². The summed E-state index contributed by atoms with van der Waals surface area (Å²) in [6, 6.07) is 5.17. The second-order valence-corrected chi connectivity index (χ2v) is 6.58. The fourth-order valence-electron chi connectivity index (χ4n) is 3.16. The first-order chi connectivity index (χ1) is 12.6. The van der Waals surface area contributed by atoms with Gasteiger partial charge in [0.1, 0.15) is 5.75 Å². The van der Waals surface area contributed by atoms with E-state index in [0.29, 0.717) is 17.1 Å². The number of rotatable bonds is 8. The summed E-state index contributed by atoms with van der Waals surface area (Å²) in [7, 11) is 3.07. The minimum absolute atomic E-state index is 0. The van der Waals surface area contributed by atoms with Crippen molar-refractivity contribution in [1.82, 2.24) is 0 Å². The summed E-state index contributed by atoms with van der Waals surface area (Å²) < 4.78 is 10.5. The molecule has 0 bridgehead atoms. The summed E-state index contributed by atoms with van der Waals surface area (Å²) in [6.07, 6.45) is 5.06. The van der Waals surface area contributed by atoms with Crippen LogP contribution in [0.4, 0.5) is 11.4 Å². The molecule has 0 heterocycles. The molecule has 1 aromatic rings. The van der Waals surface area contributed by atoms with E-state index >= 15 is 0 Å². The Morgan fingerprint density at radius 1 is 1.19 bits per heavy atom. The molecule has 0 spiro atoms. The van der Waals surface area contributed by atoms with Crippen molar-refractivity contribution in [1.29, 1.82) is 0 Å². The smallest absolute Gasteiger partial charge is 0.227 e. The van der Waals surface area contributed by atoms with Crippen molar-refractivity contribution >= 4 is 35.6 Å². The highest BCUT2D eigenvalue weighted by molar-refractivity contribution is 5.96. The highest BCUT2D eigenvalue weighted by atomic mass is 35.5. The van der Waals surface area contributed by atoms with Crippen molar-refractivity contribution in [2.45, 2.75) is 44.6 Å². The van der Waals surface area contributed by atoms with E-state index in [1.54, 1.807) is 25.3 Å². The number of benzene rings is 1. The van der Waals surface area contributed by atoms with Gasteiger partial charge in [-0.1, -0.05) is 19.3 Å². The van der Waals surface area contributed by atoms with E-state index in [0.717, 1.165) is 25.7 Å². The van der Waals surface area contributed by atoms with Crippen LogP contribution in [0.3, 0.4) is 0 Å². The minimum atomic E-state index is -0.321. The number of anilines is 2. The summed E-state index contributed by atoms with van der Waals surface area (Å²) in [6.45, 7) is 0.273. The standard InChI is InChI=1S/C19H29N3O4.ClH/c1-25-15(12-20)11-18(23)21-14-8-9-17(26-2)16(10-14)22-19(24)13-6-4-3-5-7-13;/h8-10,13,15H,3-7,11-12,20H2,1-2H3,(H,21,23)(H,22,24);1H. The fourth-order valence-corrected chi connectivity index (χ4v) is 3.16. The Morgan fingerprint density at radius 2 is 1.89 bits per heavy atom. The molecule has 1 atom stereocenters. The van der Waals surface area contributed by atoms with E-state index in [9.17, 15) is 9.59 Å². The molecule has 7 nitrogen and oxygen atoms in total. The lowest BCUT2D eigenvalue weighted by atomic mass is 9.88. The number of carbonyl (C=O) groups excluding carboxylic acids is 2. The Kier molecular flexibility index (Phi) is 10.1. The fraction of sp³-hybridized carbons (Fsp3) is 0.579. The largest absolute Gasteiger partial charge is 0.495 e. The molecule has 0 saturated heterocycles. The Balaban J connectivity index is 0.00000364. The zero-order chi connectivity index (χ0) is 18.9. The third kappa shape index (κ3) is 7.01. The normalized spacial score (nSPS) is 15.4. The lowest BCUT2D eigenvalue weighted by molar-refractivity contribution is -0.121. The number of halogens is 1. The van der Waals surface area contributed by atoms with Gasteiger partial charge in [0.05, 0.1) is 25.3 Å². The Bertz CT molecular complexity index is 617. The summed E-state index contributed by atoms with van der Waals surface area (Å²) in [4.78, 5) is 24.6. The monoisotopic (exact) mass is 399 g/mol. The molecule has 2 amide bonds. The van der Waals surface area contributed by atoms with Gasteiger partial charge in [0.15, 0.2) is 0 Å². The van der Waals surface area contributed by atoms with Crippen LogP contribution in [0.5, 0.6) is 5.75 Å². The molecule has 0 aliphatic heterocycles. The highest BCUT2D eigenvalue weighted by Gasteiger charge is 2.22. The predicted molar refractivity (Wildman–Crippen MR) is 109 cm³/mol. The van der Waals surface area contributed by atoms with Gasteiger partial charge in [0.2, 0.25) is 11.8 Å². The zero-order valence-corrected chi connectivity index (χ0v) is 16.8. The molecular formula is C19H30ClN3O4. The zero-order valence-electron chi connectivity index (χ0n) is 16.0. The summed E-state index contributed by atoms with van der Waals surface area (Å²) in [5.74, 6) is 0.411. The number of carbonyl (C=O) groups is 2. The van der Waals surface area contributed by atoms with E-state index in [4.69, 9.17) is 15.2 Å². The van der Waals surface area contributed by atoms with Gasteiger partial charge in [-0.3, -0.25) is 9.59 Å². The number of hydrogen-bond acceptors (Lipinski definition) is 5. The molecule has 1 aliphatic carbocycles. The summed E-state index contributed by atoms with van der Waals surface area (Å²) >= 11 is 0. The molecule has 1 saturated carbocycles. The van der Waals surface area contributed by atoms with Crippen LogP contribution in [-0.2, 0) is 14.3 Å². The quantitative estimate of drug-likeness (QED) is 0.623. The van der Waals surface area contributed by atoms with Crippen LogP contribution in [0.2, 0.25) is 0 Å². The Morgan fingerprint density at radius 3 is 2.48 bits per heavy atom. The van der Waals surface area contributed by atoms with Gasteiger partial charge < -0.3 is 25.8 Å². The molecule has 0 radical (unpaired) electrons. The van der Waals surface area contributed by atoms with E-state index in [2.05, 4.69) is 10.6 Å². The number of hydrogen-bond donors (Lipinski definition) is 3. The van der Waals surface area contributed by atoms with Crippen LogP contribution in [-0.4, -0.2) is 38.7 Å². The molecule has 1 aliphatic rings. The topological polar surface area (TPSA) is 103 Å². The van der Waals surface area contributed by atoms with Gasteiger partial charge in [0, 0.05) is 25.3 Å². The molecule has 1 unspecified atom stereocenters. The second kappa shape index (κ2) is 11.8. The number of methoxy groups -OCH3 is 2. The van der Waals surface area contributed by atoms with Crippen molar-refractivity contribution in [3.8, 4) is 5.75 Å². The molecule has 8 heteroatoms. The van der Waals surface area contributed by atoms with Crippen molar-refractivity contribution in [2.75, 3.05) is 31.4 Å². The molecule has 27 heavy (non-hydrogen) atoms. The predicted octanol–water partition coefficient (Wildman–Crippen LogP) is 2.94. The average Bonchev–Trinajstić information content (AvgIpc) is 2.67. The van der Waals surface area contributed by atoms with Crippen LogP contribution in [0, 0.1) is 5.92 Å². The SMILES string of the molecule is COc1ccc(NC(=O)CC(CN)OC)cc1NC(=O)C1CCCCC1.Cl. The lowest BCUT2D eigenvalue weighted by Crippen LogP contribution is -2.28. The van der Waals surface area contributed by atoms with Crippen molar-refractivity contribution in [2.24, 2.45) is 11.7 Å². The maximum absolute atomic E-state index is 12.5. The molecule has 1 aromatic carbocycles. The number of nitrogens with two attached hydrogens (primary N) is 1. The average molecular weight is 400 g/mol. The van der Waals surface area contributed by atoms with Gasteiger partial charge in [-0.05, 0) is 31.0 Å². The maximum atomic E-state index is 12.5. The van der Waals surface area contributed by atoms with Crippen LogP contribution < -0.4 is 21.1 Å². The van der Waals surface area contributed by atoms with Crippen molar-refractivity contribution < 1.29 is 19.1 Å². The highest BCUT2D eigenvalue weighted by Crippen LogP contribution is 2.30. The first kappa shape index (κ1) is 23.2. The molecule has 4 N–H and O–H groups in total. The van der Waals surface area contributed by atoms with Crippen molar-refractivity contribution in [3.05, 3.63) is 18.2 Å². The molecule has 152 valence electrons. The second-order valence-electron chi connectivity index (χ2n) is 6.58. The third-order valence-corrected chi connectivity index (χ3v) is 4.73. The van der Waals surface area contributed by atoms with Crippen LogP contribution in [0.25, 0.3) is 0 Å². The Labute approximate surface area is 166 Å². The van der Waals surface area contributed by atoms with Crippen LogP contribution in [0.15, 0.2) is 18.2 Å². The van der Waals surface area contributed by atoms with Gasteiger partial charge in [-0.15, -0.1) is 12.4 Å². The minimum Gasteiger partial charge on any atom is -0.495 e. The van der Waals surface area contributed by atoms with Gasteiger partial charge >= 0.3 is 0 Å². The number of ether oxygens (including phenoxy) is 2. The summed E-state index contributed by atoms with van der Waals surface area (Å²) in [5, 5.41) is 5.75. The molecular weight excluding hydrogens is 370 g/mol. The van der Waals surface area contributed by atoms with E-state index < -0.39 is 0 Å². The Hall–Kier alpha value is -1.83. The number of nitrogens with one attached hydrogen (secondary N) is 2. The maximum Gasteiger partial charge on any atom is 0.227 e. The third-order valence-electron chi connectivity index (χ3n) is 4.73. The van der Waals surface area contributed by atoms with E-state index in [1.807, 2.05) is 0 Å². The lowest BCUT2D eigenvalue weighted by Gasteiger charge is -2.21. The first-order valence-electron chi connectivity index (χ1n) is 9.09. The summed E-state index contributed by atoms with van der Waals surface area (Å²) in [5.41, 5.74) is 6.69. The van der Waals surface area contributed by atoms with Gasteiger partial charge in [0.25, 0.3) is 0 Å². The molecule has 2 rings (SSSR count). The molecule has 0 aromatic heterocycles. The number of amides is 2. The van der Waals surface area contributed by atoms with Gasteiger partial charge in [-0.25, -0.2) is 0 Å². The van der Waals surface area contributed by atoms with E-state index in [1.165, 1.54) is 13.5 Å².